The quantitative estimate of drug-likeness (QED) is 0.557. The highest BCUT2D eigenvalue weighted by molar-refractivity contribution is 7.54. The number of carbonyl (C=O) groups excluding carboxylic acids is 1. The average molecular weight is 321 g/mol. The van der Waals surface area contributed by atoms with Crippen LogP contribution < -0.4 is 0 Å². The smallest absolute Gasteiger partial charge is 0.375 e. The van der Waals surface area contributed by atoms with E-state index in [0.29, 0.717) is 10.6 Å². The lowest BCUT2D eigenvalue weighted by Crippen LogP contribution is -2.13. The number of benzene rings is 1. The van der Waals surface area contributed by atoms with E-state index in [0.717, 1.165) is 0 Å². The van der Waals surface area contributed by atoms with Crippen LogP contribution in [0, 0.1) is 0 Å². The van der Waals surface area contributed by atoms with Crippen LogP contribution in [0.15, 0.2) is 24.3 Å². The number of esters is 1. The van der Waals surface area contributed by atoms with Crippen LogP contribution in [0.25, 0.3) is 0 Å². The highest BCUT2D eigenvalue weighted by Crippen LogP contribution is 2.61. The Morgan fingerprint density at radius 2 is 1.70 bits per heavy atom. The summed E-state index contributed by atoms with van der Waals surface area (Å²) in [6, 6.07) is 6.49. The number of carbonyl (C=O) groups is 1. The van der Waals surface area contributed by atoms with E-state index < -0.39 is 19.4 Å². The van der Waals surface area contributed by atoms with Gasteiger partial charge in [-0.25, -0.2) is 0 Å². The molecule has 0 heterocycles. The fraction of sp³-hybridized carbons (Fsp3) is 0.462. The lowest BCUT2D eigenvalue weighted by molar-refractivity contribution is -0.144. The minimum absolute atomic E-state index is 0.183. The van der Waals surface area contributed by atoms with Gasteiger partial charge in [-0.1, -0.05) is 23.7 Å². The summed E-state index contributed by atoms with van der Waals surface area (Å²) >= 11 is 5.82. The molecule has 0 spiro atoms. The molecule has 1 aromatic carbocycles. The first-order chi connectivity index (χ1) is 9.42. The number of rotatable bonds is 7. The fourth-order valence-corrected chi connectivity index (χ4v) is 3.64. The molecular formula is C13H18ClO5P. The van der Waals surface area contributed by atoms with Gasteiger partial charge < -0.3 is 13.8 Å². The Labute approximate surface area is 123 Å². The second-order valence-corrected chi connectivity index (χ2v) is 6.39. The molecular weight excluding hydrogens is 303 g/mol. The lowest BCUT2D eigenvalue weighted by atomic mass is 10.2. The highest BCUT2D eigenvalue weighted by Gasteiger charge is 2.39. The van der Waals surface area contributed by atoms with Crippen LogP contribution in [0.1, 0.15) is 32.2 Å². The summed E-state index contributed by atoms with van der Waals surface area (Å²) in [7, 11) is -3.61. The summed E-state index contributed by atoms with van der Waals surface area (Å²) in [6.45, 7) is 4.99. The van der Waals surface area contributed by atoms with Crippen LogP contribution in [0.5, 0.6) is 0 Å². The summed E-state index contributed by atoms with van der Waals surface area (Å²) in [6.07, 6.45) is 0. The van der Waals surface area contributed by atoms with E-state index in [9.17, 15) is 9.36 Å². The summed E-state index contributed by atoms with van der Waals surface area (Å²) in [5.41, 5.74) is 0.509. The van der Waals surface area contributed by atoms with Gasteiger partial charge in [0.25, 0.3) is 0 Å². The maximum absolute atomic E-state index is 12.8. The third-order valence-corrected chi connectivity index (χ3v) is 4.80. The molecule has 0 amide bonds. The molecule has 0 fully saturated rings. The van der Waals surface area contributed by atoms with E-state index in [1.54, 1.807) is 38.1 Å². The van der Waals surface area contributed by atoms with Gasteiger partial charge in [0.2, 0.25) is 5.85 Å². The third kappa shape index (κ3) is 4.60. The largest absolute Gasteiger partial charge is 0.445 e. The van der Waals surface area contributed by atoms with Crippen molar-refractivity contribution in [1.82, 2.24) is 0 Å². The van der Waals surface area contributed by atoms with Crippen LogP contribution in [0.3, 0.4) is 0 Å². The molecule has 1 rings (SSSR count). The predicted molar refractivity (Wildman–Crippen MR) is 76.8 cm³/mol. The number of ether oxygens (including phenoxy) is 1. The summed E-state index contributed by atoms with van der Waals surface area (Å²) in [5, 5.41) is 0.526. The minimum Gasteiger partial charge on any atom is -0.445 e. The van der Waals surface area contributed by atoms with Crippen molar-refractivity contribution in [3.05, 3.63) is 34.9 Å². The molecule has 0 aliphatic rings. The maximum atomic E-state index is 12.8. The number of hydrogen-bond donors (Lipinski definition) is 0. The Balaban J connectivity index is 3.18. The monoisotopic (exact) mass is 320 g/mol. The first-order valence-electron chi connectivity index (χ1n) is 6.24. The molecule has 0 saturated heterocycles. The molecule has 0 aliphatic carbocycles. The van der Waals surface area contributed by atoms with Gasteiger partial charge in [-0.15, -0.1) is 0 Å². The zero-order chi connectivity index (χ0) is 15.2. The Morgan fingerprint density at radius 3 is 2.10 bits per heavy atom. The predicted octanol–water partition coefficient (Wildman–Crippen LogP) is 4.17. The molecule has 1 unspecified atom stereocenters. The second-order valence-electron chi connectivity index (χ2n) is 3.89. The van der Waals surface area contributed by atoms with Gasteiger partial charge in [0.1, 0.15) is 0 Å². The van der Waals surface area contributed by atoms with Crippen LogP contribution in [-0.2, 0) is 23.1 Å². The Bertz CT molecular complexity index is 478. The standard InChI is InChI=1S/C13H18ClO5P/c1-4-17-20(16,18-5-2)13(19-10(3)15)11-6-8-12(14)9-7-11/h6-9,13H,4-5H2,1-3H3. The topological polar surface area (TPSA) is 61.8 Å². The van der Waals surface area contributed by atoms with Gasteiger partial charge in [-0.2, -0.15) is 0 Å². The van der Waals surface area contributed by atoms with Crippen molar-refractivity contribution in [3.8, 4) is 0 Å². The van der Waals surface area contributed by atoms with Crippen molar-refractivity contribution in [3.63, 3.8) is 0 Å². The molecule has 0 bridgehead atoms. The van der Waals surface area contributed by atoms with Crippen molar-refractivity contribution in [1.29, 1.82) is 0 Å². The third-order valence-electron chi connectivity index (χ3n) is 2.34. The number of halogens is 1. The Kier molecular flexibility index (Phi) is 6.69. The molecule has 7 heteroatoms. The van der Waals surface area contributed by atoms with Gasteiger partial charge in [-0.05, 0) is 26.0 Å². The van der Waals surface area contributed by atoms with E-state index in [4.69, 9.17) is 25.4 Å². The van der Waals surface area contributed by atoms with E-state index in [2.05, 4.69) is 0 Å². The first-order valence-corrected chi connectivity index (χ1v) is 8.23. The summed E-state index contributed by atoms with van der Waals surface area (Å²) < 4.78 is 28.4. The van der Waals surface area contributed by atoms with Crippen LogP contribution in [-0.4, -0.2) is 19.2 Å². The molecule has 0 aliphatic heterocycles. The van der Waals surface area contributed by atoms with E-state index >= 15 is 0 Å². The summed E-state index contributed by atoms with van der Waals surface area (Å²) in [4.78, 5) is 11.3. The molecule has 0 saturated carbocycles. The Hall–Kier alpha value is -0.870. The van der Waals surface area contributed by atoms with Crippen molar-refractivity contribution in [2.75, 3.05) is 13.2 Å². The molecule has 112 valence electrons. The first kappa shape index (κ1) is 17.2. The van der Waals surface area contributed by atoms with E-state index in [1.165, 1.54) is 6.92 Å². The van der Waals surface area contributed by atoms with Crippen LogP contribution in [0.4, 0.5) is 0 Å². The molecule has 0 aromatic heterocycles. The average Bonchev–Trinajstić information content (AvgIpc) is 2.37. The van der Waals surface area contributed by atoms with Crippen molar-refractivity contribution >= 4 is 25.2 Å². The Morgan fingerprint density at radius 1 is 1.20 bits per heavy atom. The van der Waals surface area contributed by atoms with Crippen LogP contribution >= 0.6 is 19.2 Å². The molecule has 20 heavy (non-hydrogen) atoms. The zero-order valence-corrected chi connectivity index (χ0v) is 13.3. The van der Waals surface area contributed by atoms with Gasteiger partial charge in [0, 0.05) is 17.5 Å². The fourth-order valence-electron chi connectivity index (χ4n) is 1.63. The minimum atomic E-state index is -3.61. The zero-order valence-electron chi connectivity index (χ0n) is 11.7. The highest BCUT2D eigenvalue weighted by atomic mass is 35.5. The van der Waals surface area contributed by atoms with Gasteiger partial charge in [-0.3, -0.25) is 9.36 Å². The van der Waals surface area contributed by atoms with Crippen molar-refractivity contribution in [2.45, 2.75) is 26.6 Å². The molecule has 1 atom stereocenters. The van der Waals surface area contributed by atoms with Gasteiger partial charge in [0.05, 0.1) is 13.2 Å². The normalized spacial score (nSPS) is 13.0. The van der Waals surface area contributed by atoms with Crippen molar-refractivity contribution in [2.24, 2.45) is 0 Å². The second kappa shape index (κ2) is 7.79. The summed E-state index contributed by atoms with van der Waals surface area (Å²) in [5.74, 6) is -1.67. The molecule has 1 aromatic rings. The van der Waals surface area contributed by atoms with Crippen LogP contribution in [0.2, 0.25) is 5.02 Å². The SMILES string of the molecule is CCOP(=O)(OCC)C(OC(C)=O)c1ccc(Cl)cc1. The molecule has 0 N–H and O–H groups in total. The van der Waals surface area contributed by atoms with Gasteiger partial charge in [0.15, 0.2) is 0 Å². The maximum Gasteiger partial charge on any atom is 0.375 e. The van der Waals surface area contributed by atoms with Gasteiger partial charge >= 0.3 is 13.6 Å². The number of hydrogen-bond acceptors (Lipinski definition) is 5. The van der Waals surface area contributed by atoms with E-state index in [1.807, 2.05) is 0 Å². The molecule has 0 radical (unpaired) electrons. The molecule has 5 nitrogen and oxygen atoms in total. The van der Waals surface area contributed by atoms with E-state index in [-0.39, 0.29) is 13.2 Å². The van der Waals surface area contributed by atoms with Crippen molar-refractivity contribution < 1.29 is 23.1 Å². The lowest BCUT2D eigenvalue weighted by Gasteiger charge is -2.26.